The molecule has 1 amide bonds. The molecule has 1 fully saturated rings. The summed E-state index contributed by atoms with van der Waals surface area (Å²) in [6.07, 6.45) is 5.22. The van der Waals surface area contributed by atoms with E-state index in [0.29, 0.717) is 0 Å². The topological polar surface area (TPSA) is 29.1 Å². The molecule has 2 rings (SSSR count). The molecule has 5 heteroatoms. The van der Waals surface area contributed by atoms with Crippen molar-refractivity contribution in [1.29, 1.82) is 0 Å². The van der Waals surface area contributed by atoms with E-state index in [0.717, 1.165) is 44.2 Å². The van der Waals surface area contributed by atoms with Crippen molar-refractivity contribution >= 4 is 21.8 Å². The second kappa shape index (κ2) is 6.46. The van der Waals surface area contributed by atoms with Crippen LogP contribution in [0, 0.1) is 11.6 Å². The summed E-state index contributed by atoms with van der Waals surface area (Å²) in [5, 5.41) is 2.84. The maximum absolute atomic E-state index is 13.5. The molecule has 1 N–H and O–H groups in total. The minimum atomic E-state index is -0.822. The first-order chi connectivity index (χ1) is 9.08. The average Bonchev–Trinajstić information content (AvgIpc) is 2.55. The first-order valence-corrected chi connectivity index (χ1v) is 7.39. The molecule has 2 atom stereocenters. The summed E-state index contributed by atoms with van der Waals surface area (Å²) in [4.78, 5) is 12.2. The third-order valence-corrected chi connectivity index (χ3v) is 4.52. The monoisotopic (exact) mass is 331 g/mol. The van der Waals surface area contributed by atoms with Crippen LogP contribution in [0.2, 0.25) is 0 Å². The van der Waals surface area contributed by atoms with Crippen molar-refractivity contribution in [2.75, 3.05) is 0 Å². The number of benzene rings is 1. The molecule has 1 aliphatic carbocycles. The number of amides is 1. The van der Waals surface area contributed by atoms with Crippen LogP contribution in [0.15, 0.2) is 18.2 Å². The lowest BCUT2D eigenvalue weighted by Gasteiger charge is -2.21. The number of hydrogen-bond donors (Lipinski definition) is 1. The zero-order valence-electron chi connectivity index (χ0n) is 10.5. The van der Waals surface area contributed by atoms with Crippen LogP contribution in [-0.4, -0.2) is 16.8 Å². The molecular weight excluding hydrogens is 316 g/mol. The molecule has 2 unspecified atom stereocenters. The van der Waals surface area contributed by atoms with Crippen molar-refractivity contribution in [1.82, 2.24) is 5.32 Å². The maximum atomic E-state index is 13.5. The van der Waals surface area contributed by atoms with Crippen LogP contribution in [-0.2, 0) is 0 Å². The highest BCUT2D eigenvalue weighted by atomic mass is 79.9. The number of carbonyl (C=O) groups is 1. The molecule has 1 aromatic rings. The van der Waals surface area contributed by atoms with E-state index in [9.17, 15) is 13.6 Å². The van der Waals surface area contributed by atoms with E-state index in [-0.39, 0.29) is 16.4 Å². The quantitative estimate of drug-likeness (QED) is 0.648. The van der Waals surface area contributed by atoms with Crippen molar-refractivity contribution in [3.05, 3.63) is 35.4 Å². The van der Waals surface area contributed by atoms with E-state index < -0.39 is 17.5 Å². The molecule has 0 bridgehead atoms. The van der Waals surface area contributed by atoms with Gasteiger partial charge in [0.25, 0.3) is 5.91 Å². The highest BCUT2D eigenvalue weighted by Gasteiger charge is 2.24. The summed E-state index contributed by atoms with van der Waals surface area (Å²) in [6.45, 7) is 0. The van der Waals surface area contributed by atoms with Crippen molar-refractivity contribution in [3.63, 3.8) is 0 Å². The second-order valence-corrected chi connectivity index (χ2v) is 6.03. The predicted octanol–water partition coefficient (Wildman–Crippen LogP) is 3.79. The Balaban J connectivity index is 2.07. The van der Waals surface area contributed by atoms with E-state index in [1.807, 2.05) is 0 Å². The molecule has 0 radical (unpaired) electrons. The number of hydrogen-bond acceptors (Lipinski definition) is 1. The summed E-state index contributed by atoms with van der Waals surface area (Å²) < 4.78 is 26.3. The third-order valence-electron chi connectivity index (χ3n) is 3.42. The molecule has 0 aromatic heterocycles. The Kier molecular flexibility index (Phi) is 4.91. The van der Waals surface area contributed by atoms with Crippen LogP contribution in [0.4, 0.5) is 8.78 Å². The number of halogens is 3. The van der Waals surface area contributed by atoms with E-state index in [4.69, 9.17) is 0 Å². The molecule has 0 saturated heterocycles. The van der Waals surface area contributed by atoms with Gasteiger partial charge in [0, 0.05) is 16.9 Å². The molecule has 0 spiro atoms. The summed E-state index contributed by atoms with van der Waals surface area (Å²) in [6, 6.07) is 3.00. The van der Waals surface area contributed by atoms with E-state index in [1.54, 1.807) is 0 Å². The average molecular weight is 332 g/mol. The Morgan fingerprint density at radius 1 is 1.21 bits per heavy atom. The van der Waals surface area contributed by atoms with Crippen molar-refractivity contribution in [3.8, 4) is 0 Å². The van der Waals surface area contributed by atoms with Crippen molar-refractivity contribution in [2.24, 2.45) is 0 Å². The Morgan fingerprint density at radius 2 is 1.95 bits per heavy atom. The molecule has 1 aromatic carbocycles. The van der Waals surface area contributed by atoms with Gasteiger partial charge in [-0.3, -0.25) is 4.79 Å². The summed E-state index contributed by atoms with van der Waals surface area (Å²) >= 11 is 3.57. The molecule has 2 nitrogen and oxygen atoms in total. The van der Waals surface area contributed by atoms with Gasteiger partial charge in [-0.1, -0.05) is 35.2 Å². The summed E-state index contributed by atoms with van der Waals surface area (Å²) in [5.41, 5.74) is -0.106. The number of nitrogens with one attached hydrogen (secondary N) is 1. The molecule has 0 heterocycles. The number of rotatable bonds is 2. The molecule has 1 saturated carbocycles. The standard InChI is InChI=1S/C14H16BrF2NO/c15-11-4-2-1-3-5-13(11)18-14(19)10-7-6-9(16)8-12(10)17/h6-8,11,13H,1-5H2,(H,18,19). The Labute approximate surface area is 119 Å². The summed E-state index contributed by atoms with van der Waals surface area (Å²) in [7, 11) is 0. The Hall–Kier alpha value is -0.970. The van der Waals surface area contributed by atoms with Gasteiger partial charge >= 0.3 is 0 Å². The molecular formula is C14H16BrF2NO. The lowest BCUT2D eigenvalue weighted by atomic mass is 10.1. The van der Waals surface area contributed by atoms with Crippen LogP contribution < -0.4 is 5.32 Å². The fourth-order valence-electron chi connectivity index (χ4n) is 2.34. The van der Waals surface area contributed by atoms with Gasteiger partial charge in [-0.05, 0) is 25.0 Å². The van der Waals surface area contributed by atoms with Crippen LogP contribution in [0.25, 0.3) is 0 Å². The van der Waals surface area contributed by atoms with Gasteiger partial charge in [0.15, 0.2) is 0 Å². The highest BCUT2D eigenvalue weighted by Crippen LogP contribution is 2.24. The molecule has 1 aliphatic rings. The Morgan fingerprint density at radius 3 is 2.68 bits per heavy atom. The van der Waals surface area contributed by atoms with E-state index >= 15 is 0 Å². The van der Waals surface area contributed by atoms with Crippen LogP contribution >= 0.6 is 15.9 Å². The normalized spacial score (nSPS) is 23.7. The summed E-state index contributed by atoms with van der Waals surface area (Å²) in [5.74, 6) is -1.98. The largest absolute Gasteiger partial charge is 0.348 e. The zero-order chi connectivity index (χ0) is 13.8. The Bertz CT molecular complexity index is 467. The highest BCUT2D eigenvalue weighted by molar-refractivity contribution is 9.09. The van der Waals surface area contributed by atoms with Crippen LogP contribution in [0.5, 0.6) is 0 Å². The van der Waals surface area contributed by atoms with E-state index in [2.05, 4.69) is 21.2 Å². The SMILES string of the molecule is O=C(NC1CCCCCC1Br)c1ccc(F)cc1F. The fourth-order valence-corrected chi connectivity index (χ4v) is 3.06. The minimum absolute atomic E-state index is 0.000506. The fraction of sp³-hybridized carbons (Fsp3) is 0.500. The van der Waals surface area contributed by atoms with Crippen molar-refractivity contribution in [2.45, 2.75) is 43.0 Å². The number of carbonyl (C=O) groups excluding carboxylic acids is 1. The van der Waals surface area contributed by atoms with Crippen LogP contribution in [0.1, 0.15) is 42.5 Å². The van der Waals surface area contributed by atoms with Crippen LogP contribution in [0.3, 0.4) is 0 Å². The van der Waals surface area contributed by atoms with Gasteiger partial charge in [-0.2, -0.15) is 0 Å². The van der Waals surface area contributed by atoms with E-state index in [1.165, 1.54) is 6.07 Å². The first kappa shape index (κ1) is 14.4. The first-order valence-electron chi connectivity index (χ1n) is 6.48. The maximum Gasteiger partial charge on any atom is 0.254 e. The minimum Gasteiger partial charge on any atom is -0.348 e. The molecule has 19 heavy (non-hydrogen) atoms. The number of alkyl halides is 1. The second-order valence-electron chi connectivity index (χ2n) is 4.86. The van der Waals surface area contributed by atoms with Gasteiger partial charge in [-0.25, -0.2) is 8.78 Å². The smallest absolute Gasteiger partial charge is 0.254 e. The zero-order valence-corrected chi connectivity index (χ0v) is 12.1. The van der Waals surface area contributed by atoms with Crippen molar-refractivity contribution < 1.29 is 13.6 Å². The van der Waals surface area contributed by atoms with Gasteiger partial charge in [0.1, 0.15) is 11.6 Å². The van der Waals surface area contributed by atoms with Gasteiger partial charge in [-0.15, -0.1) is 0 Å². The third kappa shape index (κ3) is 3.75. The predicted molar refractivity (Wildman–Crippen MR) is 73.4 cm³/mol. The van der Waals surface area contributed by atoms with Gasteiger partial charge in [0.05, 0.1) is 5.56 Å². The lowest BCUT2D eigenvalue weighted by molar-refractivity contribution is 0.0930. The van der Waals surface area contributed by atoms with Gasteiger partial charge in [0.2, 0.25) is 0 Å². The molecule has 0 aliphatic heterocycles. The molecule has 104 valence electrons. The van der Waals surface area contributed by atoms with Gasteiger partial charge < -0.3 is 5.32 Å². The lowest BCUT2D eigenvalue weighted by Crippen LogP contribution is -2.40.